The molecule has 0 bridgehead atoms. The normalized spacial score (nSPS) is 12.8. The largest absolute Gasteiger partial charge is 0.384 e. The minimum Gasteiger partial charge on any atom is -0.384 e. The van der Waals surface area contributed by atoms with Gasteiger partial charge in [-0.2, -0.15) is 0 Å². The maximum Gasteiger partial charge on any atom is 0.202 e. The van der Waals surface area contributed by atoms with Crippen molar-refractivity contribution >= 4 is 33.0 Å². The molecule has 1 rings (SSSR count). The predicted octanol–water partition coefficient (Wildman–Crippen LogP) is 1.27. The van der Waals surface area contributed by atoms with Gasteiger partial charge in [0.05, 0.1) is 8.66 Å². The highest BCUT2D eigenvalue weighted by molar-refractivity contribution is 9.11. The molecule has 0 aliphatic heterocycles. The van der Waals surface area contributed by atoms with Gasteiger partial charge in [-0.3, -0.25) is 4.79 Å². The molecule has 0 aliphatic rings. The quantitative estimate of drug-likeness (QED) is 0.805. The monoisotopic (exact) mass is 263 g/mol. The molecule has 0 saturated heterocycles. The summed E-state index contributed by atoms with van der Waals surface area (Å²) in [4.78, 5) is 12.0. The number of hydrogen-bond donors (Lipinski definition) is 2. The number of ketones is 1. The first kappa shape index (κ1) is 10.8. The van der Waals surface area contributed by atoms with Crippen molar-refractivity contribution in [3.05, 3.63) is 20.8 Å². The van der Waals surface area contributed by atoms with E-state index >= 15 is 0 Å². The molecule has 1 aromatic rings. The van der Waals surface area contributed by atoms with E-state index in [2.05, 4.69) is 21.2 Å². The van der Waals surface area contributed by atoms with Crippen LogP contribution in [-0.4, -0.2) is 30.6 Å². The first-order valence-electron chi connectivity index (χ1n) is 3.77. The topological polar surface area (TPSA) is 49.3 Å². The van der Waals surface area contributed by atoms with Gasteiger partial charge in [0.25, 0.3) is 0 Å². The van der Waals surface area contributed by atoms with E-state index in [1.165, 1.54) is 11.3 Å². The Hall–Kier alpha value is -0.230. The van der Waals surface area contributed by atoms with Gasteiger partial charge in [0, 0.05) is 6.54 Å². The minimum absolute atomic E-state index is 0.231. The Bertz CT molecular complexity index is 300. The summed E-state index contributed by atoms with van der Waals surface area (Å²) in [5.74, 6) is -0.231. The Morgan fingerprint density at radius 1 is 1.77 bits per heavy atom. The second-order valence-electron chi connectivity index (χ2n) is 2.54. The van der Waals surface area contributed by atoms with Gasteiger partial charge in [0.15, 0.2) is 0 Å². The van der Waals surface area contributed by atoms with E-state index in [-0.39, 0.29) is 12.3 Å². The van der Waals surface area contributed by atoms with Crippen LogP contribution in [0.1, 0.15) is 9.67 Å². The molecule has 0 spiro atoms. The Balaban J connectivity index is 2.67. The molecule has 0 radical (unpaired) electrons. The molecule has 0 fully saturated rings. The third-order valence-corrected chi connectivity index (χ3v) is 3.15. The number of thiophene rings is 1. The van der Waals surface area contributed by atoms with Crippen molar-refractivity contribution in [3.63, 3.8) is 0 Å². The summed E-state index contributed by atoms with van der Waals surface area (Å²) in [7, 11) is 1.70. The summed E-state index contributed by atoms with van der Waals surface area (Å²) in [5, 5.41) is 12.1. The predicted molar refractivity (Wildman–Crippen MR) is 56.3 cm³/mol. The highest BCUT2D eigenvalue weighted by atomic mass is 79.9. The van der Waals surface area contributed by atoms with Crippen LogP contribution in [0.15, 0.2) is 15.9 Å². The number of halogens is 1. The number of rotatable bonds is 4. The Kier molecular flexibility index (Phi) is 4.05. The molecule has 0 saturated carbocycles. The number of likely N-dealkylation sites (N-methyl/N-ethyl adjacent to an activating group) is 1. The maximum absolute atomic E-state index is 11.4. The molecule has 3 nitrogen and oxygen atoms in total. The molecule has 1 atom stereocenters. The fourth-order valence-corrected chi connectivity index (χ4v) is 2.27. The van der Waals surface area contributed by atoms with Gasteiger partial charge in [0.2, 0.25) is 5.78 Å². The van der Waals surface area contributed by atoms with E-state index in [9.17, 15) is 9.90 Å². The fraction of sp³-hybridized carbons (Fsp3) is 0.375. The van der Waals surface area contributed by atoms with Gasteiger partial charge in [0.1, 0.15) is 6.10 Å². The number of nitrogens with one attached hydrogen (secondary N) is 1. The summed E-state index contributed by atoms with van der Waals surface area (Å²) < 4.78 is 0.896. The average Bonchev–Trinajstić information content (AvgIpc) is 2.51. The van der Waals surface area contributed by atoms with Gasteiger partial charge in [-0.05, 0) is 35.1 Å². The van der Waals surface area contributed by atoms with E-state index in [1.807, 2.05) is 0 Å². The smallest absolute Gasteiger partial charge is 0.202 e. The van der Waals surface area contributed by atoms with E-state index in [1.54, 1.807) is 19.2 Å². The number of Topliss-reactive ketones (excluding diaryl/α,β-unsaturated/α-hetero) is 1. The van der Waals surface area contributed by atoms with Gasteiger partial charge < -0.3 is 10.4 Å². The third kappa shape index (κ3) is 2.87. The van der Waals surface area contributed by atoms with Crippen LogP contribution < -0.4 is 5.32 Å². The molecule has 1 heterocycles. The standard InChI is InChI=1S/C8H10BrNO2S/c1-10-4-5(11)8(12)6-2-3-7(9)13-6/h2-3,5,10-11H,4H2,1H3. The van der Waals surface area contributed by atoms with Crippen LogP contribution in [0.25, 0.3) is 0 Å². The lowest BCUT2D eigenvalue weighted by atomic mass is 10.2. The lowest BCUT2D eigenvalue weighted by molar-refractivity contribution is 0.0755. The average molecular weight is 264 g/mol. The van der Waals surface area contributed by atoms with Crippen LogP contribution >= 0.6 is 27.3 Å². The first-order valence-corrected chi connectivity index (χ1v) is 5.38. The lowest BCUT2D eigenvalue weighted by Gasteiger charge is -2.06. The molecule has 5 heteroatoms. The molecule has 1 unspecified atom stereocenters. The summed E-state index contributed by atoms with van der Waals surface area (Å²) in [5.41, 5.74) is 0. The molecule has 0 aromatic carbocycles. The number of hydrogen-bond acceptors (Lipinski definition) is 4. The molecule has 0 amide bonds. The van der Waals surface area contributed by atoms with Gasteiger partial charge >= 0.3 is 0 Å². The summed E-state index contributed by atoms with van der Waals surface area (Å²) in [6, 6.07) is 3.50. The van der Waals surface area contributed by atoms with Crippen molar-refractivity contribution in [1.82, 2.24) is 5.32 Å². The van der Waals surface area contributed by atoms with E-state index in [0.717, 1.165) is 3.79 Å². The van der Waals surface area contributed by atoms with E-state index < -0.39 is 6.10 Å². The highest BCUT2D eigenvalue weighted by Gasteiger charge is 2.17. The molecule has 13 heavy (non-hydrogen) atoms. The van der Waals surface area contributed by atoms with Gasteiger partial charge in [-0.25, -0.2) is 0 Å². The van der Waals surface area contributed by atoms with Gasteiger partial charge in [-0.15, -0.1) is 11.3 Å². The summed E-state index contributed by atoms with van der Waals surface area (Å²) in [6.07, 6.45) is -0.949. The lowest BCUT2D eigenvalue weighted by Crippen LogP contribution is -2.30. The number of carbonyl (C=O) groups excluding carboxylic acids is 1. The van der Waals surface area contributed by atoms with Crippen LogP contribution in [0.5, 0.6) is 0 Å². The molecule has 1 aromatic heterocycles. The SMILES string of the molecule is CNCC(O)C(=O)c1ccc(Br)s1. The Labute approximate surface area is 88.9 Å². The highest BCUT2D eigenvalue weighted by Crippen LogP contribution is 2.22. The zero-order valence-electron chi connectivity index (χ0n) is 7.08. The van der Waals surface area contributed by atoms with Crippen LogP contribution in [0.4, 0.5) is 0 Å². The fourth-order valence-electron chi connectivity index (χ4n) is 0.897. The van der Waals surface area contributed by atoms with E-state index in [4.69, 9.17) is 0 Å². The maximum atomic E-state index is 11.4. The molecule has 2 N–H and O–H groups in total. The van der Waals surface area contributed by atoms with Crippen LogP contribution in [-0.2, 0) is 0 Å². The summed E-state index contributed by atoms with van der Waals surface area (Å²) >= 11 is 4.59. The summed E-state index contributed by atoms with van der Waals surface area (Å²) in [6.45, 7) is 0.286. The Morgan fingerprint density at radius 2 is 2.46 bits per heavy atom. The second-order valence-corrected chi connectivity index (χ2v) is 5.00. The van der Waals surface area contributed by atoms with Crippen LogP contribution in [0.2, 0.25) is 0 Å². The molecular formula is C8H10BrNO2S. The first-order chi connectivity index (χ1) is 6.15. The number of aliphatic hydroxyl groups is 1. The zero-order chi connectivity index (χ0) is 9.84. The van der Waals surface area contributed by atoms with Crippen molar-refractivity contribution in [1.29, 1.82) is 0 Å². The van der Waals surface area contributed by atoms with Crippen LogP contribution in [0.3, 0.4) is 0 Å². The van der Waals surface area contributed by atoms with Gasteiger partial charge in [-0.1, -0.05) is 0 Å². The van der Waals surface area contributed by atoms with Crippen molar-refractivity contribution in [2.24, 2.45) is 0 Å². The number of carbonyl (C=O) groups is 1. The van der Waals surface area contributed by atoms with E-state index in [0.29, 0.717) is 4.88 Å². The van der Waals surface area contributed by atoms with Crippen molar-refractivity contribution in [2.45, 2.75) is 6.10 Å². The van der Waals surface area contributed by atoms with Crippen molar-refractivity contribution in [3.8, 4) is 0 Å². The van der Waals surface area contributed by atoms with Crippen molar-refractivity contribution in [2.75, 3.05) is 13.6 Å². The number of aliphatic hydroxyl groups excluding tert-OH is 1. The molecule has 72 valence electrons. The third-order valence-electron chi connectivity index (χ3n) is 1.52. The molecule has 0 aliphatic carbocycles. The second kappa shape index (κ2) is 4.85. The molecular weight excluding hydrogens is 254 g/mol. The minimum atomic E-state index is -0.949. The Morgan fingerprint density at radius 3 is 2.92 bits per heavy atom. The zero-order valence-corrected chi connectivity index (χ0v) is 9.48. The van der Waals surface area contributed by atoms with Crippen molar-refractivity contribution < 1.29 is 9.90 Å². The van der Waals surface area contributed by atoms with Crippen LogP contribution in [0, 0.1) is 0 Å².